The molecule has 2 aromatic rings. The predicted molar refractivity (Wildman–Crippen MR) is 113 cm³/mol. The number of likely N-dealkylation sites (N-methyl/N-ethyl adjacent to an activating group) is 1. The van der Waals surface area contributed by atoms with E-state index in [0.717, 1.165) is 34.7 Å². The van der Waals surface area contributed by atoms with Crippen LogP contribution in [0.5, 0.6) is 5.75 Å². The third kappa shape index (κ3) is 3.37. The molecule has 4 atom stereocenters. The summed E-state index contributed by atoms with van der Waals surface area (Å²) >= 11 is 6.48. The Balaban J connectivity index is 1.42. The highest BCUT2D eigenvalue weighted by Crippen LogP contribution is 2.52. The molecule has 7 heteroatoms. The fraction of sp³-hybridized carbons (Fsp3) is 0.478. The van der Waals surface area contributed by atoms with Crippen molar-refractivity contribution in [2.75, 3.05) is 25.1 Å². The summed E-state index contributed by atoms with van der Waals surface area (Å²) in [6.45, 7) is 1.53. The second-order valence-electron chi connectivity index (χ2n) is 8.63. The maximum absolute atomic E-state index is 10.5. The molecular weight excluding hydrogens is 406 g/mol. The van der Waals surface area contributed by atoms with Gasteiger partial charge in [-0.3, -0.25) is 0 Å². The molecule has 2 aromatic carbocycles. The minimum atomic E-state index is -1.24. The highest BCUT2D eigenvalue weighted by atomic mass is 35.5. The van der Waals surface area contributed by atoms with Crippen LogP contribution in [0.15, 0.2) is 36.4 Å². The van der Waals surface area contributed by atoms with Crippen molar-refractivity contribution in [3.8, 4) is 5.75 Å². The van der Waals surface area contributed by atoms with Gasteiger partial charge in [0.15, 0.2) is 0 Å². The van der Waals surface area contributed by atoms with Crippen LogP contribution in [0, 0.1) is 0 Å². The lowest BCUT2D eigenvalue weighted by Gasteiger charge is -2.41. The first kappa shape index (κ1) is 20.1. The summed E-state index contributed by atoms with van der Waals surface area (Å²) in [4.78, 5) is 2.17. The van der Waals surface area contributed by atoms with Crippen LogP contribution in [-0.4, -0.2) is 59.4 Å². The van der Waals surface area contributed by atoms with Crippen LogP contribution in [0.1, 0.15) is 35.6 Å². The van der Waals surface area contributed by atoms with E-state index < -0.39 is 30.0 Å². The van der Waals surface area contributed by atoms with E-state index in [1.807, 2.05) is 18.2 Å². The van der Waals surface area contributed by atoms with Crippen LogP contribution in [0.25, 0.3) is 0 Å². The molecule has 5 rings (SSSR count). The molecule has 2 aliphatic heterocycles. The van der Waals surface area contributed by atoms with E-state index in [1.54, 1.807) is 6.07 Å². The number of halogens is 1. The molecule has 0 aromatic heterocycles. The van der Waals surface area contributed by atoms with Gasteiger partial charge in [-0.25, -0.2) is 0 Å². The summed E-state index contributed by atoms with van der Waals surface area (Å²) in [7, 11) is 2.05. The van der Waals surface area contributed by atoms with Gasteiger partial charge in [0.2, 0.25) is 0 Å². The Labute approximate surface area is 180 Å². The highest BCUT2D eigenvalue weighted by Gasteiger charge is 2.60. The summed E-state index contributed by atoms with van der Waals surface area (Å²) in [5.74, 6) is 0.868. The molecule has 2 heterocycles. The molecule has 0 unspecified atom stereocenters. The second-order valence-corrected chi connectivity index (χ2v) is 9.04. The summed E-state index contributed by atoms with van der Waals surface area (Å²) in [5.41, 5.74) is 3.05. The van der Waals surface area contributed by atoms with Crippen LogP contribution in [0.2, 0.25) is 5.02 Å². The lowest BCUT2D eigenvalue weighted by atomic mass is 9.89. The largest absolute Gasteiger partial charge is 0.490 e. The molecule has 30 heavy (non-hydrogen) atoms. The van der Waals surface area contributed by atoms with Crippen LogP contribution in [-0.2, 0) is 11.2 Å². The normalized spacial score (nSPS) is 29.4. The van der Waals surface area contributed by atoms with Crippen molar-refractivity contribution < 1.29 is 24.8 Å². The SMILES string of the molecule is CN1CCOc2cc(Cc3cc([C@@H]4OC5(CC5)[C@@H](O)[C@H](O)[C@H]4O)ccc3Cl)ccc21. The molecule has 0 bridgehead atoms. The minimum Gasteiger partial charge on any atom is -0.490 e. The Bertz CT molecular complexity index is 963. The third-order valence-electron chi connectivity index (χ3n) is 6.54. The lowest BCUT2D eigenvalue weighted by molar-refractivity contribution is -0.236. The van der Waals surface area contributed by atoms with Crippen molar-refractivity contribution in [2.24, 2.45) is 0 Å². The van der Waals surface area contributed by atoms with Crippen LogP contribution >= 0.6 is 11.6 Å². The number of ether oxygens (including phenoxy) is 2. The first-order valence-electron chi connectivity index (χ1n) is 10.4. The van der Waals surface area contributed by atoms with E-state index in [4.69, 9.17) is 21.1 Å². The molecule has 6 nitrogen and oxygen atoms in total. The van der Waals surface area contributed by atoms with Gasteiger partial charge in [-0.1, -0.05) is 29.8 Å². The van der Waals surface area contributed by atoms with Gasteiger partial charge in [0, 0.05) is 12.1 Å². The van der Waals surface area contributed by atoms with Crippen molar-refractivity contribution in [2.45, 2.75) is 49.3 Å². The number of rotatable bonds is 3. The predicted octanol–water partition coefficient (Wildman–Crippen LogP) is 2.45. The third-order valence-corrected chi connectivity index (χ3v) is 6.91. The Morgan fingerprint density at radius 1 is 1.10 bits per heavy atom. The van der Waals surface area contributed by atoms with E-state index >= 15 is 0 Å². The monoisotopic (exact) mass is 431 g/mol. The number of hydrogen-bond donors (Lipinski definition) is 3. The van der Waals surface area contributed by atoms with Gasteiger partial charge in [0.25, 0.3) is 0 Å². The second kappa shape index (κ2) is 7.39. The van der Waals surface area contributed by atoms with E-state index in [1.165, 1.54) is 0 Å². The van der Waals surface area contributed by atoms with E-state index in [-0.39, 0.29) is 0 Å². The van der Waals surface area contributed by atoms with Crippen LogP contribution in [0.3, 0.4) is 0 Å². The average molecular weight is 432 g/mol. The van der Waals surface area contributed by atoms with Gasteiger partial charge in [-0.2, -0.15) is 0 Å². The van der Waals surface area contributed by atoms with Gasteiger partial charge < -0.3 is 29.7 Å². The van der Waals surface area contributed by atoms with Crippen molar-refractivity contribution in [3.63, 3.8) is 0 Å². The summed E-state index contributed by atoms with van der Waals surface area (Å²) in [5, 5.41) is 31.7. The molecule has 1 saturated carbocycles. The Kier molecular flexibility index (Phi) is 4.95. The zero-order valence-electron chi connectivity index (χ0n) is 16.8. The topological polar surface area (TPSA) is 82.4 Å². The lowest BCUT2D eigenvalue weighted by Crippen LogP contribution is -2.55. The molecule has 0 radical (unpaired) electrons. The number of hydrogen-bond acceptors (Lipinski definition) is 6. The van der Waals surface area contributed by atoms with Gasteiger partial charge >= 0.3 is 0 Å². The number of anilines is 1. The summed E-state index contributed by atoms with van der Waals surface area (Å²) in [6.07, 6.45) is -2.25. The quantitative estimate of drug-likeness (QED) is 0.692. The van der Waals surface area contributed by atoms with Gasteiger partial charge in [0.1, 0.15) is 36.8 Å². The zero-order chi connectivity index (χ0) is 21.0. The number of aliphatic hydroxyl groups is 3. The summed E-state index contributed by atoms with van der Waals surface area (Å²) < 4.78 is 11.9. The fourth-order valence-electron chi connectivity index (χ4n) is 4.51. The van der Waals surface area contributed by atoms with Crippen molar-refractivity contribution in [1.82, 2.24) is 0 Å². The maximum Gasteiger partial charge on any atom is 0.142 e. The molecule has 1 aliphatic carbocycles. The molecule has 3 aliphatic rings. The Morgan fingerprint density at radius 2 is 1.90 bits per heavy atom. The Hall–Kier alpha value is -1.83. The first-order valence-corrected chi connectivity index (χ1v) is 10.7. The van der Waals surface area contributed by atoms with Crippen molar-refractivity contribution >= 4 is 17.3 Å². The number of benzene rings is 2. The van der Waals surface area contributed by atoms with Gasteiger partial charge in [-0.15, -0.1) is 0 Å². The van der Waals surface area contributed by atoms with Crippen molar-refractivity contribution in [3.05, 3.63) is 58.1 Å². The van der Waals surface area contributed by atoms with Gasteiger partial charge in [-0.05, 0) is 54.2 Å². The highest BCUT2D eigenvalue weighted by molar-refractivity contribution is 6.31. The molecule has 1 spiro atoms. The average Bonchev–Trinajstić information content (AvgIpc) is 3.52. The van der Waals surface area contributed by atoms with E-state index in [0.29, 0.717) is 30.9 Å². The number of aliphatic hydroxyl groups excluding tert-OH is 3. The molecule has 2 fully saturated rings. The molecule has 1 saturated heterocycles. The zero-order valence-corrected chi connectivity index (χ0v) is 17.5. The maximum atomic E-state index is 10.5. The summed E-state index contributed by atoms with van der Waals surface area (Å²) in [6, 6.07) is 11.7. The Morgan fingerprint density at radius 3 is 2.67 bits per heavy atom. The first-order chi connectivity index (χ1) is 14.4. The van der Waals surface area contributed by atoms with E-state index in [2.05, 4.69) is 24.1 Å². The van der Waals surface area contributed by atoms with Gasteiger partial charge in [0.05, 0.1) is 17.8 Å². The number of nitrogens with zero attached hydrogens (tertiary/aromatic N) is 1. The molecule has 160 valence electrons. The van der Waals surface area contributed by atoms with Crippen LogP contribution < -0.4 is 9.64 Å². The molecular formula is C23H26ClNO5. The molecule has 3 N–H and O–H groups in total. The fourth-order valence-corrected chi connectivity index (χ4v) is 4.70. The van der Waals surface area contributed by atoms with Crippen LogP contribution in [0.4, 0.5) is 5.69 Å². The minimum absolute atomic E-state index is 0.603. The standard InChI is InChI=1S/C23H26ClNO5/c1-25-8-9-29-18-11-13(2-5-17(18)25)10-15-12-14(3-4-16(15)24)21-19(26)20(27)22(28)23(30-21)6-7-23/h2-5,11-12,19-22,26-28H,6-10H2,1H3/t19-,20-,21+,22+/m1/s1. The smallest absolute Gasteiger partial charge is 0.142 e. The van der Waals surface area contributed by atoms with Crippen molar-refractivity contribution in [1.29, 1.82) is 0 Å². The van der Waals surface area contributed by atoms with E-state index in [9.17, 15) is 15.3 Å². The number of fused-ring (bicyclic) bond motifs is 1. The molecule has 0 amide bonds.